The molecule has 0 spiro atoms. The number of hydrogen-bond acceptors (Lipinski definition) is 1. The van der Waals surface area contributed by atoms with E-state index in [0.717, 1.165) is 16.7 Å². The van der Waals surface area contributed by atoms with E-state index in [0.29, 0.717) is 5.69 Å². The summed E-state index contributed by atoms with van der Waals surface area (Å²) in [6.07, 6.45) is 0. The van der Waals surface area contributed by atoms with Crippen molar-refractivity contribution >= 4 is 5.69 Å². The van der Waals surface area contributed by atoms with Gasteiger partial charge < -0.3 is 0 Å². The summed E-state index contributed by atoms with van der Waals surface area (Å²) in [5.74, 6) is 0. The quantitative estimate of drug-likeness (QED) is 0.394. The Morgan fingerprint density at radius 3 is 2.44 bits per heavy atom. The molecule has 0 aliphatic heterocycles. The highest BCUT2D eigenvalue weighted by molar-refractivity contribution is 5.72. The standard InChI is InChI=1S/C13H11N3/c1-10-12(11-6-3-2-4-7-11)8-5-9-13(10)15-16-14/h2-9H,1H3. The van der Waals surface area contributed by atoms with E-state index in [1.807, 2.05) is 55.5 Å². The fourth-order valence-corrected chi connectivity index (χ4v) is 1.71. The van der Waals surface area contributed by atoms with Crippen LogP contribution in [0.25, 0.3) is 21.6 Å². The second kappa shape index (κ2) is 4.51. The van der Waals surface area contributed by atoms with Gasteiger partial charge in [0.05, 0.1) is 0 Å². The summed E-state index contributed by atoms with van der Waals surface area (Å²) < 4.78 is 0. The zero-order valence-electron chi connectivity index (χ0n) is 8.96. The van der Waals surface area contributed by atoms with E-state index >= 15 is 0 Å². The summed E-state index contributed by atoms with van der Waals surface area (Å²) in [6.45, 7) is 1.96. The molecule has 2 aromatic rings. The Labute approximate surface area is 94.0 Å². The maximum Gasteiger partial charge on any atom is 0.0410 e. The molecule has 3 heteroatoms. The highest BCUT2D eigenvalue weighted by Gasteiger charge is 2.03. The summed E-state index contributed by atoms with van der Waals surface area (Å²) in [7, 11) is 0. The van der Waals surface area contributed by atoms with Gasteiger partial charge in [-0.05, 0) is 29.1 Å². The van der Waals surface area contributed by atoms with Gasteiger partial charge in [-0.3, -0.25) is 0 Å². The van der Waals surface area contributed by atoms with Crippen molar-refractivity contribution < 1.29 is 0 Å². The molecular weight excluding hydrogens is 198 g/mol. The van der Waals surface area contributed by atoms with E-state index in [9.17, 15) is 0 Å². The maximum absolute atomic E-state index is 8.46. The molecule has 2 rings (SSSR count). The average Bonchev–Trinajstić information content (AvgIpc) is 2.33. The van der Waals surface area contributed by atoms with Crippen LogP contribution in [-0.2, 0) is 0 Å². The van der Waals surface area contributed by atoms with Gasteiger partial charge in [0.1, 0.15) is 0 Å². The first-order valence-corrected chi connectivity index (χ1v) is 5.03. The molecule has 0 N–H and O–H groups in total. The van der Waals surface area contributed by atoms with Crippen LogP contribution in [0.15, 0.2) is 53.6 Å². The monoisotopic (exact) mass is 209 g/mol. The third kappa shape index (κ3) is 1.90. The van der Waals surface area contributed by atoms with Crippen LogP contribution in [0.3, 0.4) is 0 Å². The second-order valence-electron chi connectivity index (χ2n) is 3.51. The largest absolute Gasteiger partial charge is 0.0622 e. The molecule has 0 radical (unpaired) electrons. The molecule has 0 heterocycles. The van der Waals surface area contributed by atoms with Crippen LogP contribution in [0.2, 0.25) is 0 Å². The minimum absolute atomic E-state index is 0.684. The second-order valence-corrected chi connectivity index (χ2v) is 3.51. The average molecular weight is 209 g/mol. The fourth-order valence-electron chi connectivity index (χ4n) is 1.71. The molecule has 0 amide bonds. The Bertz CT molecular complexity index is 540. The third-order valence-corrected chi connectivity index (χ3v) is 2.54. The van der Waals surface area contributed by atoms with Crippen molar-refractivity contribution in [2.45, 2.75) is 6.92 Å². The lowest BCUT2D eigenvalue weighted by atomic mass is 9.99. The summed E-state index contributed by atoms with van der Waals surface area (Å²) in [5.41, 5.74) is 12.4. The van der Waals surface area contributed by atoms with E-state index in [-0.39, 0.29) is 0 Å². The number of azide groups is 1. The molecule has 3 nitrogen and oxygen atoms in total. The smallest absolute Gasteiger partial charge is 0.0410 e. The van der Waals surface area contributed by atoms with E-state index in [1.54, 1.807) is 0 Å². The Morgan fingerprint density at radius 1 is 1.00 bits per heavy atom. The molecule has 78 valence electrons. The molecule has 0 fully saturated rings. The molecular formula is C13H11N3. The van der Waals surface area contributed by atoms with Gasteiger partial charge in [-0.1, -0.05) is 53.6 Å². The van der Waals surface area contributed by atoms with Gasteiger partial charge in [0, 0.05) is 10.6 Å². The van der Waals surface area contributed by atoms with Crippen LogP contribution in [0.5, 0.6) is 0 Å². The van der Waals surface area contributed by atoms with E-state index < -0.39 is 0 Å². The summed E-state index contributed by atoms with van der Waals surface area (Å²) in [4.78, 5) is 2.83. The van der Waals surface area contributed by atoms with Crippen molar-refractivity contribution in [2.75, 3.05) is 0 Å². The predicted octanol–water partition coefficient (Wildman–Crippen LogP) is 4.60. The van der Waals surface area contributed by atoms with Gasteiger partial charge >= 0.3 is 0 Å². The topological polar surface area (TPSA) is 48.8 Å². The van der Waals surface area contributed by atoms with E-state index in [4.69, 9.17) is 5.53 Å². The Morgan fingerprint density at radius 2 is 1.75 bits per heavy atom. The summed E-state index contributed by atoms with van der Waals surface area (Å²) in [5, 5.41) is 3.67. The van der Waals surface area contributed by atoms with Crippen molar-refractivity contribution in [3.05, 3.63) is 64.5 Å². The summed E-state index contributed by atoms with van der Waals surface area (Å²) in [6, 6.07) is 15.8. The first-order valence-electron chi connectivity index (χ1n) is 5.03. The number of benzene rings is 2. The normalized spacial score (nSPS) is 9.56. The third-order valence-electron chi connectivity index (χ3n) is 2.54. The van der Waals surface area contributed by atoms with E-state index in [2.05, 4.69) is 10.0 Å². The lowest BCUT2D eigenvalue weighted by molar-refractivity contribution is 1.37. The molecule has 0 saturated heterocycles. The van der Waals surface area contributed by atoms with Gasteiger partial charge in [0.25, 0.3) is 0 Å². The zero-order valence-corrected chi connectivity index (χ0v) is 8.96. The first kappa shape index (κ1) is 10.3. The molecule has 0 unspecified atom stereocenters. The van der Waals surface area contributed by atoms with Crippen molar-refractivity contribution in [2.24, 2.45) is 5.11 Å². The van der Waals surface area contributed by atoms with Crippen LogP contribution in [0, 0.1) is 6.92 Å². The molecule has 2 aromatic carbocycles. The molecule has 0 aliphatic rings. The minimum Gasteiger partial charge on any atom is -0.0622 e. The van der Waals surface area contributed by atoms with Gasteiger partial charge in [-0.25, -0.2) is 0 Å². The number of hydrogen-bond donors (Lipinski definition) is 0. The molecule has 0 atom stereocenters. The van der Waals surface area contributed by atoms with Gasteiger partial charge in [-0.2, -0.15) is 0 Å². The molecule has 0 saturated carbocycles. The maximum atomic E-state index is 8.46. The van der Waals surface area contributed by atoms with Gasteiger partial charge in [0.2, 0.25) is 0 Å². The van der Waals surface area contributed by atoms with Crippen LogP contribution < -0.4 is 0 Å². The summed E-state index contributed by atoms with van der Waals surface area (Å²) >= 11 is 0. The minimum atomic E-state index is 0.684. The van der Waals surface area contributed by atoms with Crippen LogP contribution in [0.4, 0.5) is 5.69 Å². The Balaban J connectivity index is 2.59. The molecule has 16 heavy (non-hydrogen) atoms. The predicted molar refractivity (Wildman–Crippen MR) is 65.4 cm³/mol. The molecule has 0 aromatic heterocycles. The van der Waals surface area contributed by atoms with Crippen molar-refractivity contribution in [3.63, 3.8) is 0 Å². The van der Waals surface area contributed by atoms with Crippen molar-refractivity contribution in [1.82, 2.24) is 0 Å². The highest BCUT2D eigenvalue weighted by atomic mass is 15.1. The van der Waals surface area contributed by atoms with Gasteiger partial charge in [-0.15, -0.1) is 0 Å². The fraction of sp³-hybridized carbons (Fsp3) is 0.0769. The number of rotatable bonds is 2. The highest BCUT2D eigenvalue weighted by Crippen LogP contribution is 2.29. The van der Waals surface area contributed by atoms with Crippen molar-refractivity contribution in [3.8, 4) is 11.1 Å². The molecule has 0 aliphatic carbocycles. The Kier molecular flexibility index (Phi) is 2.90. The zero-order chi connectivity index (χ0) is 11.4. The lowest BCUT2D eigenvalue weighted by Gasteiger charge is -2.07. The SMILES string of the molecule is Cc1c(N=[N+]=[N-])cccc1-c1ccccc1. The molecule has 0 bridgehead atoms. The van der Waals surface area contributed by atoms with Crippen LogP contribution >= 0.6 is 0 Å². The van der Waals surface area contributed by atoms with Gasteiger partial charge in [0.15, 0.2) is 0 Å². The van der Waals surface area contributed by atoms with E-state index in [1.165, 1.54) is 0 Å². The lowest BCUT2D eigenvalue weighted by Crippen LogP contribution is -1.82. The first-order chi connectivity index (χ1) is 7.83. The van der Waals surface area contributed by atoms with Crippen molar-refractivity contribution in [1.29, 1.82) is 0 Å². The van der Waals surface area contributed by atoms with Crippen LogP contribution in [-0.4, -0.2) is 0 Å². The Hall–Kier alpha value is -2.25. The number of nitrogens with zero attached hydrogens (tertiary/aromatic N) is 3. The van der Waals surface area contributed by atoms with Crippen LogP contribution in [0.1, 0.15) is 5.56 Å².